The molecule has 2 aromatic rings. The molecule has 18 nitrogen and oxygen atoms in total. The van der Waals surface area contributed by atoms with Gasteiger partial charge in [-0.25, -0.2) is 19.2 Å². The minimum absolute atomic E-state index is 0.0418. The molecule has 2 fully saturated rings. The zero-order valence-electron chi connectivity index (χ0n) is 25.1. The van der Waals surface area contributed by atoms with Crippen molar-refractivity contribution in [1.29, 1.82) is 0 Å². The molecule has 0 aromatic heterocycles. The number of nitro groups is 2. The summed E-state index contributed by atoms with van der Waals surface area (Å²) in [6.45, 7) is 0.189. The fourth-order valence-electron chi connectivity index (χ4n) is 7.18. The van der Waals surface area contributed by atoms with Crippen molar-refractivity contribution in [2.75, 3.05) is 27.4 Å². The van der Waals surface area contributed by atoms with Gasteiger partial charge in [-0.05, 0) is 26.0 Å². The van der Waals surface area contributed by atoms with Crippen molar-refractivity contribution in [2.24, 2.45) is 0 Å². The van der Waals surface area contributed by atoms with Gasteiger partial charge in [-0.2, -0.15) is 0 Å². The Labute approximate surface area is 260 Å². The maximum Gasteiger partial charge on any atom is 0.358 e. The van der Waals surface area contributed by atoms with Gasteiger partial charge in [-0.1, -0.05) is 0 Å². The Morgan fingerprint density at radius 1 is 0.674 bits per heavy atom. The summed E-state index contributed by atoms with van der Waals surface area (Å²) < 4.78 is 22.0. The van der Waals surface area contributed by atoms with Crippen LogP contribution in [0.2, 0.25) is 0 Å². The molecular weight excluding hydrogens is 612 g/mol. The molecule has 0 bridgehead atoms. The van der Waals surface area contributed by atoms with Gasteiger partial charge in [-0.15, -0.1) is 0 Å². The molecule has 6 rings (SSSR count). The number of methoxy groups -OCH3 is 2. The van der Waals surface area contributed by atoms with Gasteiger partial charge in [0.05, 0.1) is 74.6 Å². The fourth-order valence-corrected chi connectivity index (χ4v) is 7.18. The van der Waals surface area contributed by atoms with E-state index in [4.69, 9.17) is 18.9 Å². The third-order valence-corrected chi connectivity index (χ3v) is 8.92. The number of hydrogen-bond acceptors (Lipinski definition) is 12. The first-order chi connectivity index (χ1) is 22.0. The van der Waals surface area contributed by atoms with Crippen LogP contribution in [-0.2, 0) is 45.2 Å². The zero-order chi connectivity index (χ0) is 33.3. The largest absolute Gasteiger partial charge is 0.496 e. The summed E-state index contributed by atoms with van der Waals surface area (Å²) >= 11 is 0. The number of carbonyl (C=O) groups is 4. The van der Waals surface area contributed by atoms with E-state index in [1.807, 2.05) is 0 Å². The lowest BCUT2D eigenvalue weighted by Gasteiger charge is -2.43. The molecule has 2 saturated heterocycles. The quantitative estimate of drug-likeness (QED) is 0.231. The average molecular weight is 641 g/mol. The molecule has 0 N–H and O–H groups in total. The first-order valence-electron chi connectivity index (χ1n) is 14.2. The van der Waals surface area contributed by atoms with Crippen LogP contribution in [0.5, 0.6) is 11.5 Å². The van der Waals surface area contributed by atoms with E-state index in [-0.39, 0.29) is 47.0 Å². The summed E-state index contributed by atoms with van der Waals surface area (Å²) in [4.78, 5) is 85.2. The number of amides is 4. The van der Waals surface area contributed by atoms with Gasteiger partial charge < -0.3 is 18.9 Å². The van der Waals surface area contributed by atoms with Crippen molar-refractivity contribution in [3.63, 3.8) is 0 Å². The minimum Gasteiger partial charge on any atom is -0.496 e. The van der Waals surface area contributed by atoms with Gasteiger partial charge >= 0.3 is 24.0 Å². The van der Waals surface area contributed by atoms with Crippen molar-refractivity contribution < 1.29 is 48.0 Å². The summed E-state index contributed by atoms with van der Waals surface area (Å²) in [5.41, 5.74) is -5.88. The van der Waals surface area contributed by atoms with Crippen LogP contribution < -0.4 is 9.47 Å². The number of urea groups is 2. The van der Waals surface area contributed by atoms with Crippen LogP contribution in [0.25, 0.3) is 0 Å². The van der Waals surface area contributed by atoms with Crippen LogP contribution in [0.3, 0.4) is 0 Å². The Morgan fingerprint density at radius 3 is 1.28 bits per heavy atom. The third-order valence-electron chi connectivity index (χ3n) is 8.92. The Hall–Kier alpha value is -5.68. The van der Waals surface area contributed by atoms with E-state index in [9.17, 15) is 39.4 Å². The number of ether oxygens (including phenoxy) is 4. The highest BCUT2D eigenvalue weighted by atomic mass is 16.6. The van der Waals surface area contributed by atoms with E-state index in [0.29, 0.717) is 0 Å². The van der Waals surface area contributed by atoms with Gasteiger partial charge in [-0.3, -0.25) is 39.8 Å². The van der Waals surface area contributed by atoms with Crippen molar-refractivity contribution >= 4 is 35.4 Å². The maximum absolute atomic E-state index is 14.8. The molecule has 46 heavy (non-hydrogen) atoms. The van der Waals surface area contributed by atoms with Gasteiger partial charge in [0.15, 0.2) is 0 Å². The second-order valence-corrected chi connectivity index (χ2v) is 10.7. The van der Waals surface area contributed by atoms with Gasteiger partial charge in [0.1, 0.15) is 11.5 Å². The van der Waals surface area contributed by atoms with Crippen LogP contribution in [0.1, 0.15) is 36.1 Å². The van der Waals surface area contributed by atoms with E-state index in [2.05, 4.69) is 0 Å². The highest BCUT2D eigenvalue weighted by Crippen LogP contribution is 2.59. The van der Waals surface area contributed by atoms with Gasteiger partial charge in [0, 0.05) is 23.3 Å². The Morgan fingerprint density at radius 2 is 1.00 bits per heavy atom. The molecule has 0 unspecified atom stereocenters. The minimum atomic E-state index is -2.61. The number of esters is 2. The summed E-state index contributed by atoms with van der Waals surface area (Å²) in [5.74, 6) is -2.10. The molecule has 0 saturated carbocycles. The predicted molar refractivity (Wildman–Crippen MR) is 151 cm³/mol. The number of carbonyl (C=O) groups excluding carboxylic acids is 4. The highest BCUT2D eigenvalue weighted by molar-refractivity contribution is 6.10. The smallest absolute Gasteiger partial charge is 0.358 e. The molecular formula is C28H28N6O12. The average Bonchev–Trinajstić information content (AvgIpc) is 3.19. The Kier molecular flexibility index (Phi) is 6.90. The maximum atomic E-state index is 14.8. The first kappa shape index (κ1) is 30.4. The fraction of sp³-hybridized carbons (Fsp3) is 0.429. The molecule has 0 spiro atoms. The van der Waals surface area contributed by atoms with E-state index in [1.54, 1.807) is 0 Å². The van der Waals surface area contributed by atoms with E-state index in [1.165, 1.54) is 52.3 Å². The van der Waals surface area contributed by atoms with E-state index in [0.717, 1.165) is 19.6 Å². The van der Waals surface area contributed by atoms with Crippen molar-refractivity contribution in [3.05, 3.63) is 66.7 Å². The molecule has 0 aliphatic carbocycles. The molecule has 0 radical (unpaired) electrons. The van der Waals surface area contributed by atoms with Gasteiger partial charge in [0.2, 0.25) is 0 Å². The monoisotopic (exact) mass is 640 g/mol. The lowest BCUT2D eigenvalue weighted by Crippen LogP contribution is -2.75. The number of rotatable bonds is 8. The zero-order valence-corrected chi connectivity index (χ0v) is 25.1. The molecule has 4 aliphatic heterocycles. The SMILES string of the molecule is CCOC(=O)[C@]12N3Cc4c(OC)ccc([N+](=O)[O-])c4CN1C(=O)N1Cc4c([N+](=O)[O-])ccc(OC)c4CN(C3=O)[C@]12C(=O)OCC. The first-order valence-corrected chi connectivity index (χ1v) is 14.2. The molecule has 4 heterocycles. The van der Waals surface area contributed by atoms with E-state index >= 15 is 0 Å². The van der Waals surface area contributed by atoms with Crippen LogP contribution in [0.4, 0.5) is 21.0 Å². The number of fused-ring (bicyclic) bond motifs is 2. The molecule has 18 heteroatoms. The molecule has 4 amide bonds. The number of benzene rings is 2. The standard InChI is InChI=1S/C28H28N6O12/c1-5-45-23(35)27-28(24(36)46-6-2)30-12-16-18(22(44-4)10-8-20(16)34(41)42)14-32(28)26(38)31(27)13-17-15(11-29(27)25(30)37)19(33(39)40)7-9-21(17)43-3/h7-10H,5-6,11-14H2,1-4H3/t27-,28+. The van der Waals surface area contributed by atoms with Gasteiger partial charge in [0.25, 0.3) is 22.7 Å². The summed E-state index contributed by atoms with van der Waals surface area (Å²) in [6.07, 6.45) is 0. The molecule has 242 valence electrons. The van der Waals surface area contributed by atoms with Crippen molar-refractivity contribution in [2.45, 2.75) is 51.4 Å². The molecule has 2 atom stereocenters. The number of nitrogens with zero attached hydrogens (tertiary/aromatic N) is 6. The summed E-state index contributed by atoms with van der Waals surface area (Å²) in [5, 5.41) is 24.4. The lowest BCUT2D eigenvalue weighted by atomic mass is 9.90. The normalized spacial score (nSPS) is 22.3. The second-order valence-electron chi connectivity index (χ2n) is 10.7. The predicted octanol–water partition coefficient (Wildman–Crippen LogP) is 2.24. The van der Waals surface area contributed by atoms with Crippen molar-refractivity contribution in [1.82, 2.24) is 19.6 Å². The molecule has 4 aliphatic rings. The van der Waals surface area contributed by atoms with E-state index < -0.39 is 82.7 Å². The van der Waals surface area contributed by atoms with Crippen LogP contribution in [0, 0.1) is 20.2 Å². The van der Waals surface area contributed by atoms with Crippen molar-refractivity contribution in [3.8, 4) is 11.5 Å². The molecule has 2 aromatic carbocycles. The third kappa shape index (κ3) is 3.51. The topological polar surface area (TPSA) is 204 Å². The summed E-state index contributed by atoms with van der Waals surface area (Å²) in [6, 6.07) is 3.03. The number of nitro benzene ring substituents is 2. The Balaban J connectivity index is 1.74. The van der Waals surface area contributed by atoms with Crippen LogP contribution >= 0.6 is 0 Å². The lowest BCUT2D eigenvalue weighted by molar-refractivity contribution is -0.385. The second kappa shape index (κ2) is 10.5. The number of hydrogen-bond donors (Lipinski definition) is 0. The van der Waals surface area contributed by atoms with Crippen LogP contribution in [0.15, 0.2) is 24.3 Å². The Bertz CT molecular complexity index is 1630. The summed E-state index contributed by atoms with van der Waals surface area (Å²) in [7, 11) is 2.63. The highest BCUT2D eigenvalue weighted by Gasteiger charge is 2.87. The van der Waals surface area contributed by atoms with Crippen LogP contribution in [-0.4, -0.2) is 92.2 Å².